The fraction of sp³-hybridized carbons (Fsp3) is 0.370. The molecule has 166 valence electrons. The third kappa shape index (κ3) is 2.04. The molecule has 33 heavy (non-hydrogen) atoms. The van der Waals surface area contributed by atoms with Crippen molar-refractivity contribution in [1.82, 2.24) is 10.2 Å². The van der Waals surface area contributed by atoms with E-state index in [1.807, 2.05) is 59.5 Å². The van der Waals surface area contributed by atoms with Gasteiger partial charge in [-0.2, -0.15) is 4.74 Å². The molecular formula is C27H25N3O3. The van der Waals surface area contributed by atoms with Crippen LogP contribution in [-0.2, 0) is 9.59 Å². The van der Waals surface area contributed by atoms with Gasteiger partial charge in [-0.15, -0.1) is 0 Å². The molecule has 2 aromatic rings. The second-order valence-corrected chi connectivity index (χ2v) is 10.7. The van der Waals surface area contributed by atoms with Crippen molar-refractivity contribution in [3.63, 3.8) is 0 Å². The van der Waals surface area contributed by atoms with Crippen LogP contribution in [0.5, 0.6) is 0 Å². The average molecular weight is 440 g/mol. The van der Waals surface area contributed by atoms with Gasteiger partial charge in [-0.05, 0) is 62.4 Å². The van der Waals surface area contributed by atoms with Gasteiger partial charge in [-0.25, -0.2) is 0 Å². The Morgan fingerprint density at radius 3 is 2.67 bits per heavy atom. The summed E-state index contributed by atoms with van der Waals surface area (Å²) in [5.41, 5.74) is 2.56. The van der Waals surface area contributed by atoms with E-state index in [4.69, 9.17) is 0 Å². The summed E-state index contributed by atoms with van der Waals surface area (Å²) in [6.07, 6.45) is 4.04. The monoisotopic (exact) mass is 439 g/mol. The van der Waals surface area contributed by atoms with Crippen LogP contribution in [0.3, 0.4) is 0 Å². The van der Waals surface area contributed by atoms with Crippen LogP contribution in [-0.4, -0.2) is 44.8 Å². The number of nitrogens with zero attached hydrogens (tertiary/aromatic N) is 2. The molecule has 2 bridgehead atoms. The third-order valence-corrected chi connectivity index (χ3v) is 8.85. The highest BCUT2D eigenvalue weighted by Gasteiger charge is 2.73. The molecule has 4 fully saturated rings. The third-order valence-electron chi connectivity index (χ3n) is 8.85. The van der Waals surface area contributed by atoms with Gasteiger partial charge in [0.25, 0.3) is 5.91 Å². The van der Waals surface area contributed by atoms with Crippen molar-refractivity contribution in [2.45, 2.75) is 44.2 Å². The fourth-order valence-corrected chi connectivity index (χ4v) is 7.30. The second-order valence-electron chi connectivity index (χ2n) is 10.7. The number of hydrogen-bond acceptors (Lipinski definition) is 3. The Balaban J connectivity index is 1.47. The Hall–Kier alpha value is -3.41. The molecule has 1 N–H and O–H groups in total. The van der Waals surface area contributed by atoms with E-state index in [1.165, 1.54) is 0 Å². The van der Waals surface area contributed by atoms with E-state index in [2.05, 4.69) is 19.2 Å². The van der Waals surface area contributed by atoms with Gasteiger partial charge in [-0.3, -0.25) is 9.59 Å². The van der Waals surface area contributed by atoms with E-state index < -0.39 is 16.5 Å². The molecule has 5 aliphatic heterocycles. The zero-order valence-electron chi connectivity index (χ0n) is 18.7. The van der Waals surface area contributed by atoms with E-state index >= 15 is 0 Å². The summed E-state index contributed by atoms with van der Waals surface area (Å²) in [6.45, 7) is 4.75. The van der Waals surface area contributed by atoms with Crippen LogP contribution in [0.2, 0.25) is 0 Å². The van der Waals surface area contributed by atoms with Gasteiger partial charge in [0, 0.05) is 18.5 Å². The summed E-state index contributed by atoms with van der Waals surface area (Å²) in [5, 5.41) is 16.8. The molecule has 3 unspecified atom stereocenters. The van der Waals surface area contributed by atoms with Crippen LogP contribution in [0, 0.1) is 16.5 Å². The molecule has 0 saturated carbocycles. The summed E-state index contributed by atoms with van der Waals surface area (Å²) in [5.74, 6) is -0.217. The first kappa shape index (κ1) is 19.1. The molecular weight excluding hydrogens is 414 g/mol. The lowest BCUT2D eigenvalue weighted by Crippen LogP contribution is -2.83. The van der Waals surface area contributed by atoms with Crippen molar-refractivity contribution < 1.29 is 14.3 Å². The minimum absolute atomic E-state index is 0.0133. The molecule has 2 amide bonds. The second kappa shape index (κ2) is 5.74. The number of allylic oxidation sites excluding steroid dienone is 1. The normalized spacial score (nSPS) is 32.7. The molecule has 3 atom stereocenters. The highest BCUT2D eigenvalue weighted by molar-refractivity contribution is 6.30. The number of piperazine rings is 1. The summed E-state index contributed by atoms with van der Waals surface area (Å²) >= 11 is 0. The smallest absolute Gasteiger partial charge is 0.253 e. The Labute approximate surface area is 192 Å². The zero-order chi connectivity index (χ0) is 22.8. The van der Waals surface area contributed by atoms with E-state index in [0.29, 0.717) is 30.8 Å². The van der Waals surface area contributed by atoms with Crippen LogP contribution in [0.25, 0.3) is 16.7 Å². The number of carbonyl (C=O) groups is 2. The predicted octanol–water partition coefficient (Wildman–Crippen LogP) is 3.62. The number of fused-ring (bicyclic) bond motifs is 4. The molecule has 6 heteroatoms. The predicted molar refractivity (Wildman–Crippen MR) is 125 cm³/mol. The van der Waals surface area contributed by atoms with E-state index in [-0.39, 0.29) is 17.7 Å². The molecule has 0 radical (unpaired) electrons. The molecule has 6 aliphatic rings. The Morgan fingerprint density at radius 1 is 1.09 bits per heavy atom. The molecule has 1 aliphatic carbocycles. The van der Waals surface area contributed by atoms with Gasteiger partial charge in [0.2, 0.25) is 17.3 Å². The summed E-state index contributed by atoms with van der Waals surface area (Å²) in [7, 11) is 0. The lowest BCUT2D eigenvalue weighted by atomic mass is 9.51. The van der Waals surface area contributed by atoms with Crippen molar-refractivity contribution >= 4 is 28.8 Å². The van der Waals surface area contributed by atoms with Gasteiger partial charge in [0.1, 0.15) is 11.1 Å². The number of nitrogens with one attached hydrogen (secondary N) is 1. The topological polar surface area (TPSA) is 75.5 Å². The molecule has 5 heterocycles. The highest BCUT2D eigenvalue weighted by atomic mass is 16.5. The van der Waals surface area contributed by atoms with Gasteiger partial charge < -0.3 is 15.4 Å². The summed E-state index contributed by atoms with van der Waals surface area (Å²) < 4.78 is 1.06. The SMILES string of the molecule is CC1(C)C2=[N+]([O-])c3ccc(-c4ccccc4)cc3C2=CC23NC(=O)C4(CCCN4C2=O)CC13. The van der Waals surface area contributed by atoms with Crippen LogP contribution in [0.4, 0.5) is 5.69 Å². The molecule has 4 saturated heterocycles. The Kier molecular flexibility index (Phi) is 3.32. The standard InChI is InChI=1S/C27H25N3O3/c1-25(2)21-15-26-11-6-12-29(26)24(32)27(21,28-23(26)31)14-19-18-13-17(16-7-4-3-5-8-16)9-10-20(18)30(33)22(19)25/h3-5,7-10,13-14,21H,6,11-12,15H2,1-2H3,(H,28,31). The van der Waals surface area contributed by atoms with Crippen molar-refractivity contribution in [3.8, 4) is 11.1 Å². The van der Waals surface area contributed by atoms with Crippen LogP contribution >= 0.6 is 0 Å². The number of amides is 2. The quantitative estimate of drug-likeness (QED) is 0.545. The minimum atomic E-state index is -1.10. The highest BCUT2D eigenvalue weighted by Crippen LogP contribution is 2.60. The van der Waals surface area contributed by atoms with Crippen molar-refractivity contribution in [1.29, 1.82) is 0 Å². The fourth-order valence-electron chi connectivity index (χ4n) is 7.30. The van der Waals surface area contributed by atoms with Gasteiger partial charge in [0.15, 0.2) is 0 Å². The molecule has 6 nitrogen and oxygen atoms in total. The first-order chi connectivity index (χ1) is 15.8. The van der Waals surface area contributed by atoms with Gasteiger partial charge >= 0.3 is 0 Å². The number of benzene rings is 2. The molecule has 2 spiro atoms. The van der Waals surface area contributed by atoms with E-state index in [9.17, 15) is 14.8 Å². The van der Waals surface area contributed by atoms with E-state index in [1.54, 1.807) is 0 Å². The summed E-state index contributed by atoms with van der Waals surface area (Å²) in [4.78, 5) is 29.0. The Morgan fingerprint density at radius 2 is 1.88 bits per heavy atom. The maximum atomic E-state index is 13.9. The molecule has 8 rings (SSSR count). The summed E-state index contributed by atoms with van der Waals surface area (Å²) in [6, 6.07) is 15.9. The van der Waals surface area contributed by atoms with Crippen LogP contribution < -0.4 is 5.32 Å². The van der Waals surface area contributed by atoms with Crippen molar-refractivity contribution in [2.75, 3.05) is 6.54 Å². The first-order valence-corrected chi connectivity index (χ1v) is 11.7. The van der Waals surface area contributed by atoms with Crippen molar-refractivity contribution in [2.24, 2.45) is 11.3 Å². The largest absolute Gasteiger partial charge is 0.618 e. The first-order valence-electron chi connectivity index (χ1n) is 11.7. The van der Waals surface area contributed by atoms with Crippen molar-refractivity contribution in [3.05, 3.63) is 65.4 Å². The average Bonchev–Trinajstić information content (AvgIpc) is 3.36. The molecule has 0 aromatic heterocycles. The van der Waals surface area contributed by atoms with Gasteiger partial charge in [-0.1, -0.05) is 30.3 Å². The Bertz CT molecular complexity index is 1340. The number of rotatable bonds is 1. The number of piperidine rings is 2. The zero-order valence-corrected chi connectivity index (χ0v) is 18.7. The molecule has 2 aromatic carbocycles. The minimum Gasteiger partial charge on any atom is -0.618 e. The van der Waals surface area contributed by atoms with Crippen LogP contribution in [0.1, 0.15) is 38.7 Å². The van der Waals surface area contributed by atoms with Crippen LogP contribution in [0.15, 0.2) is 54.6 Å². The van der Waals surface area contributed by atoms with Gasteiger partial charge in [0.05, 0.1) is 16.6 Å². The maximum Gasteiger partial charge on any atom is 0.253 e. The number of hydrogen-bond donors (Lipinski definition) is 1. The maximum absolute atomic E-state index is 13.9. The van der Waals surface area contributed by atoms with E-state index in [0.717, 1.165) is 33.4 Å². The lowest BCUT2D eigenvalue weighted by molar-refractivity contribution is -0.362. The number of carbonyl (C=O) groups excluding carboxylic acids is 2. The lowest BCUT2D eigenvalue weighted by Gasteiger charge is -2.62.